The van der Waals surface area contributed by atoms with Crippen LogP contribution in [-0.2, 0) is 14.3 Å². The van der Waals surface area contributed by atoms with E-state index in [1.807, 2.05) is 0 Å². The van der Waals surface area contributed by atoms with Crippen molar-refractivity contribution >= 4 is 40.4 Å². The lowest BCUT2D eigenvalue weighted by atomic mass is 9.32. The summed E-state index contributed by atoms with van der Waals surface area (Å²) < 4.78 is 6.75. The molecule has 4 heteroatoms. The Hall–Kier alpha value is -1.43. The van der Waals surface area contributed by atoms with Crippen LogP contribution in [0.5, 0.6) is 0 Å². The van der Waals surface area contributed by atoms with E-state index < -0.39 is 0 Å². The van der Waals surface area contributed by atoms with Crippen LogP contribution >= 0.6 is 22.6 Å². The van der Waals surface area contributed by atoms with Crippen LogP contribution in [0.25, 0.3) is 6.08 Å². The number of carbonyl (C=O) groups excluding carboxylic acids is 2. The van der Waals surface area contributed by atoms with Crippen molar-refractivity contribution in [1.82, 2.24) is 0 Å². The molecule has 9 atom stereocenters. The van der Waals surface area contributed by atoms with Crippen LogP contribution in [0.1, 0.15) is 105 Å². The second-order valence-corrected chi connectivity index (χ2v) is 17.5. The van der Waals surface area contributed by atoms with Gasteiger partial charge in [-0.3, -0.25) is 9.59 Å². The summed E-state index contributed by atoms with van der Waals surface area (Å²) in [6, 6.07) is 8.53. The van der Waals surface area contributed by atoms with Gasteiger partial charge in [-0.05, 0) is 162 Å². The van der Waals surface area contributed by atoms with Gasteiger partial charge in [0, 0.05) is 8.99 Å². The van der Waals surface area contributed by atoms with E-state index in [0.717, 1.165) is 56.1 Å². The van der Waals surface area contributed by atoms with Gasteiger partial charge in [-0.1, -0.05) is 58.9 Å². The number of ketones is 1. The molecule has 5 fully saturated rings. The van der Waals surface area contributed by atoms with E-state index in [2.05, 4.69) is 101 Å². The molecular formula is C38H51IO3. The molecule has 0 N–H and O–H groups in total. The summed E-state index contributed by atoms with van der Waals surface area (Å²) in [5.74, 6) is 2.53. The van der Waals surface area contributed by atoms with Crippen LogP contribution in [0.15, 0.2) is 42.0 Å². The van der Waals surface area contributed by atoms with Crippen molar-refractivity contribution in [3.63, 3.8) is 0 Å². The number of Topliss-reactive ketones (excluding diaryl/α,β-unsaturated/α-hetero) is 1. The second-order valence-electron chi connectivity index (χ2n) is 16.3. The van der Waals surface area contributed by atoms with Crippen LogP contribution in [0.4, 0.5) is 0 Å². The first-order valence-corrected chi connectivity index (χ1v) is 17.5. The van der Waals surface area contributed by atoms with Gasteiger partial charge in [0.15, 0.2) is 5.78 Å². The Labute approximate surface area is 267 Å². The Bertz CT molecular complexity index is 1360. The van der Waals surface area contributed by atoms with Gasteiger partial charge in [-0.25, -0.2) is 0 Å². The summed E-state index contributed by atoms with van der Waals surface area (Å²) in [6.07, 6.45) is 11.7. The van der Waals surface area contributed by atoms with Crippen LogP contribution < -0.4 is 0 Å². The van der Waals surface area contributed by atoms with Crippen molar-refractivity contribution in [3.05, 3.63) is 51.1 Å². The molecule has 6 rings (SSSR count). The first-order chi connectivity index (χ1) is 19.7. The van der Waals surface area contributed by atoms with E-state index in [1.54, 1.807) is 7.11 Å². The summed E-state index contributed by atoms with van der Waals surface area (Å²) >= 11 is 2.36. The molecule has 3 nitrogen and oxygen atoms in total. The standard InChI is InChI=1S/C38H51IO3/c1-23(2)27-14-17-38(33(41)42-8)19-18-36(6)28(31(27)38)12-13-30-35(5)22-25(20-24-10-9-11-26(39)21-24)32(40)34(3,4)29(35)15-16-37(30,36)7/h9-11,20-21,27-31H,1,12-19,22H2,2-8H3/b25-20+/t27-,28-,29-,30-,31-,35-,36-,37-,38+/m0/s1. The minimum Gasteiger partial charge on any atom is -0.469 e. The third kappa shape index (κ3) is 4.01. The fourth-order valence-electron chi connectivity index (χ4n) is 12.5. The van der Waals surface area contributed by atoms with Crippen molar-refractivity contribution in [3.8, 4) is 0 Å². The molecule has 0 amide bonds. The Balaban J connectivity index is 1.42. The van der Waals surface area contributed by atoms with Gasteiger partial charge in [0.1, 0.15) is 0 Å². The van der Waals surface area contributed by atoms with E-state index in [9.17, 15) is 9.59 Å². The number of carbonyl (C=O) groups is 2. The molecule has 0 bridgehead atoms. The maximum absolute atomic E-state index is 14.1. The first kappa shape index (κ1) is 30.6. The Morgan fingerprint density at radius 1 is 0.976 bits per heavy atom. The molecule has 5 aliphatic rings. The van der Waals surface area contributed by atoms with Gasteiger partial charge >= 0.3 is 5.97 Å². The molecule has 0 aliphatic heterocycles. The summed E-state index contributed by atoms with van der Waals surface area (Å²) in [5, 5.41) is 0. The topological polar surface area (TPSA) is 43.4 Å². The first-order valence-electron chi connectivity index (χ1n) is 16.4. The number of rotatable bonds is 3. The number of hydrogen-bond acceptors (Lipinski definition) is 3. The third-order valence-corrected chi connectivity index (χ3v) is 15.1. The van der Waals surface area contributed by atoms with E-state index in [0.29, 0.717) is 35.4 Å². The quantitative estimate of drug-likeness (QED) is 0.138. The summed E-state index contributed by atoms with van der Waals surface area (Å²) in [7, 11) is 1.59. The van der Waals surface area contributed by atoms with Crippen LogP contribution in [-0.4, -0.2) is 18.9 Å². The molecular weight excluding hydrogens is 631 g/mol. The SMILES string of the molecule is C=C(C)[C@@H]1CC[C@@]2(C(=O)OC)CC[C@@]3(C)[C@@H](CC[C@H]4[C@@]5(C)C/C(=C\c6cccc(I)c6)C(=O)C(C)(C)[C@@H]5CC[C@@]43C)[C@H]12. The molecule has 42 heavy (non-hydrogen) atoms. The highest BCUT2D eigenvalue weighted by molar-refractivity contribution is 14.1. The molecule has 0 aromatic heterocycles. The zero-order valence-corrected chi connectivity index (χ0v) is 29.1. The molecule has 5 aliphatic carbocycles. The van der Waals surface area contributed by atoms with Crippen LogP contribution in [0.3, 0.4) is 0 Å². The molecule has 1 aromatic rings. The molecule has 0 saturated heterocycles. The van der Waals surface area contributed by atoms with E-state index in [1.165, 1.54) is 22.0 Å². The third-order valence-electron chi connectivity index (χ3n) is 14.4. The van der Waals surface area contributed by atoms with Crippen molar-refractivity contribution < 1.29 is 14.3 Å². The predicted molar refractivity (Wildman–Crippen MR) is 179 cm³/mol. The minimum atomic E-state index is -0.372. The van der Waals surface area contributed by atoms with E-state index in [4.69, 9.17) is 4.74 Å². The van der Waals surface area contributed by atoms with Gasteiger partial charge in [0.05, 0.1) is 12.5 Å². The molecule has 0 unspecified atom stereocenters. The Morgan fingerprint density at radius 3 is 2.38 bits per heavy atom. The number of hydrogen-bond donors (Lipinski definition) is 0. The molecule has 0 heterocycles. The number of ether oxygens (including phenoxy) is 1. The van der Waals surface area contributed by atoms with Gasteiger partial charge in [0.2, 0.25) is 0 Å². The lowest BCUT2D eigenvalue weighted by Gasteiger charge is -2.72. The monoisotopic (exact) mass is 682 g/mol. The smallest absolute Gasteiger partial charge is 0.312 e. The summed E-state index contributed by atoms with van der Waals surface area (Å²) in [6.45, 7) is 18.9. The van der Waals surface area contributed by atoms with Crippen molar-refractivity contribution in [2.45, 2.75) is 99.3 Å². The van der Waals surface area contributed by atoms with Gasteiger partial charge in [0.25, 0.3) is 0 Å². The second kappa shape index (κ2) is 10.0. The van der Waals surface area contributed by atoms with Crippen LogP contribution in [0.2, 0.25) is 0 Å². The van der Waals surface area contributed by atoms with Gasteiger partial charge < -0.3 is 4.74 Å². The lowest BCUT2D eigenvalue weighted by molar-refractivity contribution is -0.232. The minimum absolute atomic E-state index is 0.0270. The van der Waals surface area contributed by atoms with Crippen molar-refractivity contribution in [2.75, 3.05) is 7.11 Å². The number of methoxy groups -OCH3 is 1. The van der Waals surface area contributed by atoms with Crippen molar-refractivity contribution in [2.24, 2.45) is 56.7 Å². The average molecular weight is 683 g/mol. The average Bonchev–Trinajstić information content (AvgIpc) is 3.33. The predicted octanol–water partition coefficient (Wildman–Crippen LogP) is 9.68. The molecule has 5 saturated carbocycles. The fourth-order valence-corrected chi connectivity index (χ4v) is 13.0. The largest absolute Gasteiger partial charge is 0.469 e. The number of halogens is 1. The Morgan fingerprint density at radius 2 is 1.71 bits per heavy atom. The summed E-state index contributed by atoms with van der Waals surface area (Å²) in [4.78, 5) is 27.6. The zero-order chi connectivity index (χ0) is 30.5. The highest BCUT2D eigenvalue weighted by Crippen LogP contribution is 2.77. The van der Waals surface area contributed by atoms with Crippen LogP contribution in [0, 0.1) is 60.2 Å². The maximum atomic E-state index is 14.1. The fraction of sp³-hybridized carbons (Fsp3) is 0.684. The van der Waals surface area contributed by atoms with Gasteiger partial charge in [-0.2, -0.15) is 0 Å². The number of esters is 1. The molecule has 0 spiro atoms. The number of benzene rings is 1. The maximum Gasteiger partial charge on any atom is 0.312 e. The summed E-state index contributed by atoms with van der Waals surface area (Å²) in [5.41, 5.74) is 3.05. The van der Waals surface area contributed by atoms with E-state index in [-0.39, 0.29) is 33.0 Å². The highest BCUT2D eigenvalue weighted by atomic mass is 127. The van der Waals surface area contributed by atoms with E-state index >= 15 is 0 Å². The molecule has 228 valence electrons. The number of allylic oxidation sites excluding steroid dienone is 2. The molecule has 0 radical (unpaired) electrons. The lowest BCUT2D eigenvalue weighted by Crippen LogP contribution is -2.67. The van der Waals surface area contributed by atoms with Crippen molar-refractivity contribution in [1.29, 1.82) is 0 Å². The Kier molecular flexibility index (Phi) is 7.31. The zero-order valence-electron chi connectivity index (χ0n) is 26.9. The number of fused-ring (bicyclic) bond motifs is 7. The molecule has 1 aromatic carbocycles. The van der Waals surface area contributed by atoms with Gasteiger partial charge in [-0.15, -0.1) is 0 Å². The highest BCUT2D eigenvalue weighted by Gasteiger charge is 2.72. The normalized spacial score (nSPS) is 44.9.